The van der Waals surface area contributed by atoms with Crippen LogP contribution in [0.3, 0.4) is 0 Å². The molecule has 0 saturated carbocycles. The first-order valence-corrected chi connectivity index (χ1v) is 8.50. The standard InChI is InChI=1S/C21H22FN3O/c1-14-5-7-17(8-6-14)13-24(4)21(26)20-15(2)23-25(16(20)3)19-11-9-18(22)10-12-19/h5-12H,13H2,1-4H3. The van der Waals surface area contributed by atoms with Crippen LogP contribution in [-0.4, -0.2) is 27.6 Å². The van der Waals surface area contributed by atoms with E-state index in [0.717, 1.165) is 16.9 Å². The Morgan fingerprint density at radius 2 is 1.65 bits per heavy atom. The second kappa shape index (κ2) is 7.12. The quantitative estimate of drug-likeness (QED) is 0.706. The Morgan fingerprint density at radius 1 is 1.04 bits per heavy atom. The first kappa shape index (κ1) is 17.9. The van der Waals surface area contributed by atoms with Crippen molar-refractivity contribution in [2.75, 3.05) is 7.05 Å². The van der Waals surface area contributed by atoms with Gasteiger partial charge < -0.3 is 4.90 Å². The Bertz CT molecular complexity index is 927. The number of carbonyl (C=O) groups excluding carboxylic acids is 1. The van der Waals surface area contributed by atoms with Crippen LogP contribution in [-0.2, 0) is 6.54 Å². The molecule has 0 bridgehead atoms. The van der Waals surface area contributed by atoms with Crippen molar-refractivity contribution >= 4 is 5.91 Å². The van der Waals surface area contributed by atoms with E-state index in [4.69, 9.17) is 0 Å². The summed E-state index contributed by atoms with van der Waals surface area (Å²) >= 11 is 0. The van der Waals surface area contributed by atoms with Gasteiger partial charge in [0.2, 0.25) is 0 Å². The average Bonchev–Trinajstić information content (AvgIpc) is 2.91. The third-order valence-electron chi connectivity index (χ3n) is 4.46. The molecule has 2 aromatic carbocycles. The molecule has 1 amide bonds. The normalized spacial score (nSPS) is 10.8. The molecule has 0 atom stereocenters. The molecule has 5 heteroatoms. The summed E-state index contributed by atoms with van der Waals surface area (Å²) in [6.07, 6.45) is 0. The van der Waals surface area contributed by atoms with E-state index in [2.05, 4.69) is 5.10 Å². The van der Waals surface area contributed by atoms with E-state index in [1.807, 2.05) is 45.0 Å². The summed E-state index contributed by atoms with van der Waals surface area (Å²) < 4.78 is 14.8. The maximum Gasteiger partial charge on any atom is 0.257 e. The van der Waals surface area contributed by atoms with Crippen LogP contribution in [0.4, 0.5) is 4.39 Å². The molecule has 0 fully saturated rings. The fraction of sp³-hybridized carbons (Fsp3) is 0.238. The van der Waals surface area contributed by atoms with E-state index < -0.39 is 0 Å². The van der Waals surface area contributed by atoms with Crippen molar-refractivity contribution in [1.29, 1.82) is 0 Å². The van der Waals surface area contributed by atoms with Crippen LogP contribution in [0.5, 0.6) is 0 Å². The molecule has 0 N–H and O–H groups in total. The fourth-order valence-electron chi connectivity index (χ4n) is 3.02. The molecule has 0 saturated heterocycles. The third-order valence-corrected chi connectivity index (χ3v) is 4.46. The van der Waals surface area contributed by atoms with Gasteiger partial charge in [0.1, 0.15) is 5.82 Å². The molecule has 0 aliphatic carbocycles. The summed E-state index contributed by atoms with van der Waals surface area (Å²) in [5, 5.41) is 4.48. The molecule has 0 aliphatic rings. The number of aryl methyl sites for hydroxylation is 2. The zero-order valence-corrected chi connectivity index (χ0v) is 15.5. The molecule has 134 valence electrons. The minimum Gasteiger partial charge on any atom is -0.337 e. The number of carbonyl (C=O) groups is 1. The topological polar surface area (TPSA) is 38.1 Å². The van der Waals surface area contributed by atoms with Crippen molar-refractivity contribution in [2.24, 2.45) is 0 Å². The Labute approximate surface area is 152 Å². The minimum atomic E-state index is -0.301. The third kappa shape index (κ3) is 3.52. The largest absolute Gasteiger partial charge is 0.337 e. The molecule has 26 heavy (non-hydrogen) atoms. The molecule has 0 radical (unpaired) electrons. The lowest BCUT2D eigenvalue weighted by Gasteiger charge is -2.18. The Kier molecular flexibility index (Phi) is 4.89. The molecule has 3 aromatic rings. The Morgan fingerprint density at radius 3 is 2.27 bits per heavy atom. The summed E-state index contributed by atoms with van der Waals surface area (Å²) in [6.45, 7) is 6.24. The van der Waals surface area contributed by atoms with Gasteiger partial charge in [0.25, 0.3) is 5.91 Å². The van der Waals surface area contributed by atoms with Crippen molar-refractivity contribution in [1.82, 2.24) is 14.7 Å². The molecule has 0 unspecified atom stereocenters. The van der Waals surface area contributed by atoms with Crippen LogP contribution in [0.1, 0.15) is 32.9 Å². The van der Waals surface area contributed by atoms with Crippen molar-refractivity contribution in [3.63, 3.8) is 0 Å². The second-order valence-corrected chi connectivity index (χ2v) is 6.58. The highest BCUT2D eigenvalue weighted by molar-refractivity contribution is 5.96. The van der Waals surface area contributed by atoms with E-state index in [0.29, 0.717) is 17.8 Å². The monoisotopic (exact) mass is 351 g/mol. The van der Waals surface area contributed by atoms with Gasteiger partial charge in [-0.1, -0.05) is 29.8 Å². The van der Waals surface area contributed by atoms with E-state index in [1.165, 1.54) is 17.7 Å². The molecule has 0 spiro atoms. The lowest BCUT2D eigenvalue weighted by atomic mass is 10.1. The first-order chi connectivity index (χ1) is 12.4. The van der Waals surface area contributed by atoms with Gasteiger partial charge in [-0.15, -0.1) is 0 Å². The van der Waals surface area contributed by atoms with E-state index in [-0.39, 0.29) is 11.7 Å². The Balaban J connectivity index is 1.87. The van der Waals surface area contributed by atoms with E-state index in [9.17, 15) is 9.18 Å². The lowest BCUT2D eigenvalue weighted by Crippen LogP contribution is -2.27. The molecule has 1 heterocycles. The van der Waals surface area contributed by atoms with Crippen molar-refractivity contribution in [3.8, 4) is 5.69 Å². The summed E-state index contributed by atoms with van der Waals surface area (Å²) in [5.41, 5.74) is 4.99. The SMILES string of the molecule is Cc1ccc(CN(C)C(=O)c2c(C)nn(-c3ccc(F)cc3)c2C)cc1. The highest BCUT2D eigenvalue weighted by Gasteiger charge is 2.22. The van der Waals surface area contributed by atoms with Crippen molar-refractivity contribution in [3.05, 3.63) is 82.4 Å². The van der Waals surface area contributed by atoms with Crippen LogP contribution in [0, 0.1) is 26.6 Å². The van der Waals surface area contributed by atoms with Gasteiger partial charge in [-0.2, -0.15) is 5.10 Å². The summed E-state index contributed by atoms with van der Waals surface area (Å²) in [4.78, 5) is 14.7. The molecular weight excluding hydrogens is 329 g/mol. The maximum atomic E-state index is 13.2. The summed E-state index contributed by atoms with van der Waals surface area (Å²) in [6, 6.07) is 14.2. The van der Waals surface area contributed by atoms with Gasteiger partial charge >= 0.3 is 0 Å². The zero-order chi connectivity index (χ0) is 18.8. The number of benzene rings is 2. The summed E-state index contributed by atoms with van der Waals surface area (Å²) in [5.74, 6) is -0.377. The highest BCUT2D eigenvalue weighted by atomic mass is 19.1. The average molecular weight is 351 g/mol. The molecule has 0 aliphatic heterocycles. The lowest BCUT2D eigenvalue weighted by molar-refractivity contribution is 0.0783. The smallest absolute Gasteiger partial charge is 0.257 e. The van der Waals surface area contributed by atoms with Gasteiger partial charge in [0.05, 0.1) is 22.6 Å². The van der Waals surface area contributed by atoms with Gasteiger partial charge in [-0.05, 0) is 50.6 Å². The van der Waals surface area contributed by atoms with Crippen LogP contribution < -0.4 is 0 Å². The minimum absolute atomic E-state index is 0.0751. The van der Waals surface area contributed by atoms with Crippen LogP contribution in [0.15, 0.2) is 48.5 Å². The van der Waals surface area contributed by atoms with Gasteiger partial charge in [0.15, 0.2) is 0 Å². The number of hydrogen-bond acceptors (Lipinski definition) is 2. The van der Waals surface area contributed by atoms with Crippen LogP contribution in [0.2, 0.25) is 0 Å². The maximum absolute atomic E-state index is 13.2. The predicted molar refractivity (Wildman–Crippen MR) is 100.0 cm³/mol. The fourth-order valence-corrected chi connectivity index (χ4v) is 3.02. The van der Waals surface area contributed by atoms with Crippen LogP contribution >= 0.6 is 0 Å². The number of halogens is 1. The Hall–Kier alpha value is -2.95. The van der Waals surface area contributed by atoms with Gasteiger partial charge in [-0.3, -0.25) is 4.79 Å². The second-order valence-electron chi connectivity index (χ2n) is 6.58. The van der Waals surface area contributed by atoms with Crippen molar-refractivity contribution < 1.29 is 9.18 Å². The van der Waals surface area contributed by atoms with Crippen LogP contribution in [0.25, 0.3) is 5.69 Å². The van der Waals surface area contributed by atoms with Crippen molar-refractivity contribution in [2.45, 2.75) is 27.3 Å². The predicted octanol–water partition coefficient (Wildman–Crippen LogP) is 4.21. The number of hydrogen-bond donors (Lipinski definition) is 0. The summed E-state index contributed by atoms with van der Waals surface area (Å²) in [7, 11) is 1.79. The molecule has 1 aromatic heterocycles. The van der Waals surface area contributed by atoms with Gasteiger partial charge in [0, 0.05) is 13.6 Å². The number of rotatable bonds is 4. The number of amides is 1. The van der Waals surface area contributed by atoms with E-state index >= 15 is 0 Å². The highest BCUT2D eigenvalue weighted by Crippen LogP contribution is 2.20. The van der Waals surface area contributed by atoms with Gasteiger partial charge in [-0.25, -0.2) is 9.07 Å². The first-order valence-electron chi connectivity index (χ1n) is 8.50. The number of nitrogens with zero attached hydrogens (tertiary/aromatic N) is 3. The molecular formula is C21H22FN3O. The zero-order valence-electron chi connectivity index (χ0n) is 15.5. The number of aromatic nitrogens is 2. The molecule has 3 rings (SSSR count). The molecule has 4 nitrogen and oxygen atoms in total. The van der Waals surface area contributed by atoms with E-state index in [1.54, 1.807) is 28.8 Å².